The Labute approximate surface area is 74.0 Å². The Bertz CT molecular complexity index is 250. The Morgan fingerprint density at radius 3 is 2.58 bits per heavy atom. The predicted molar refractivity (Wildman–Crippen MR) is 49.2 cm³/mol. The summed E-state index contributed by atoms with van der Waals surface area (Å²) in [4.78, 5) is 0. The predicted octanol–water partition coefficient (Wildman–Crippen LogP) is 3.06. The number of aromatic nitrogens is 1. The van der Waals surface area contributed by atoms with Crippen LogP contribution in [0.5, 0.6) is 0 Å². The molecule has 0 spiro atoms. The van der Waals surface area contributed by atoms with Crippen molar-refractivity contribution in [2.75, 3.05) is 0 Å². The molecule has 0 bridgehead atoms. The van der Waals surface area contributed by atoms with E-state index in [-0.39, 0.29) is 5.41 Å². The second-order valence-corrected chi connectivity index (χ2v) is 3.97. The van der Waals surface area contributed by atoms with Gasteiger partial charge in [0.15, 0.2) is 0 Å². The molecule has 1 heterocycles. The number of nitrogens with zero attached hydrogens (tertiary/aromatic N) is 1. The molecule has 0 unspecified atom stereocenters. The lowest BCUT2D eigenvalue weighted by molar-refractivity contribution is 0.302. The van der Waals surface area contributed by atoms with Gasteiger partial charge in [-0.05, 0) is 13.3 Å². The molecule has 0 saturated heterocycles. The highest BCUT2D eigenvalue weighted by Gasteiger charge is 2.23. The first-order valence-corrected chi connectivity index (χ1v) is 4.50. The topological polar surface area (TPSA) is 26.0 Å². The van der Waals surface area contributed by atoms with Gasteiger partial charge in [0, 0.05) is 11.5 Å². The van der Waals surface area contributed by atoms with E-state index in [1.165, 1.54) is 6.42 Å². The van der Waals surface area contributed by atoms with Gasteiger partial charge in [-0.2, -0.15) is 0 Å². The minimum Gasteiger partial charge on any atom is -0.361 e. The SMILES string of the molecule is CCCC(C)(C)c1cc(C)no1. The van der Waals surface area contributed by atoms with Crippen LogP contribution in [0.4, 0.5) is 0 Å². The molecule has 1 rings (SSSR count). The zero-order valence-corrected chi connectivity index (χ0v) is 8.35. The van der Waals surface area contributed by atoms with E-state index in [1.54, 1.807) is 0 Å². The Morgan fingerprint density at radius 2 is 2.17 bits per heavy atom. The van der Waals surface area contributed by atoms with Crippen LogP contribution < -0.4 is 0 Å². The zero-order chi connectivity index (χ0) is 9.19. The van der Waals surface area contributed by atoms with E-state index in [0.29, 0.717) is 0 Å². The highest BCUT2D eigenvalue weighted by Crippen LogP contribution is 2.28. The van der Waals surface area contributed by atoms with Gasteiger partial charge in [-0.1, -0.05) is 32.3 Å². The summed E-state index contributed by atoms with van der Waals surface area (Å²) in [6, 6.07) is 2.02. The molecule has 0 radical (unpaired) electrons. The smallest absolute Gasteiger partial charge is 0.142 e. The summed E-state index contributed by atoms with van der Waals surface area (Å²) in [7, 11) is 0. The van der Waals surface area contributed by atoms with Crippen LogP contribution in [0.3, 0.4) is 0 Å². The first kappa shape index (κ1) is 9.30. The summed E-state index contributed by atoms with van der Waals surface area (Å²) in [6.07, 6.45) is 2.31. The lowest BCUT2D eigenvalue weighted by Gasteiger charge is -2.19. The summed E-state index contributed by atoms with van der Waals surface area (Å²) >= 11 is 0. The standard InChI is InChI=1S/C10H17NO/c1-5-6-10(3,4)9-7-8(2)11-12-9/h7H,5-6H2,1-4H3. The zero-order valence-electron chi connectivity index (χ0n) is 8.35. The maximum absolute atomic E-state index is 5.23. The molecule has 2 heteroatoms. The fourth-order valence-electron chi connectivity index (χ4n) is 1.43. The minimum atomic E-state index is 0.135. The van der Waals surface area contributed by atoms with Crippen molar-refractivity contribution in [3.8, 4) is 0 Å². The molecule has 0 aliphatic carbocycles. The Kier molecular flexibility index (Phi) is 2.55. The van der Waals surface area contributed by atoms with Gasteiger partial charge in [0.1, 0.15) is 5.76 Å². The number of hydrogen-bond donors (Lipinski definition) is 0. The van der Waals surface area contributed by atoms with Gasteiger partial charge < -0.3 is 4.52 Å². The van der Waals surface area contributed by atoms with Crippen LogP contribution in [0.25, 0.3) is 0 Å². The Morgan fingerprint density at radius 1 is 1.50 bits per heavy atom. The molecule has 68 valence electrons. The third kappa shape index (κ3) is 1.87. The molecule has 2 nitrogen and oxygen atoms in total. The first-order valence-electron chi connectivity index (χ1n) is 4.50. The van der Waals surface area contributed by atoms with Crippen molar-refractivity contribution < 1.29 is 4.52 Å². The summed E-state index contributed by atoms with van der Waals surface area (Å²) < 4.78 is 5.23. The summed E-state index contributed by atoms with van der Waals surface area (Å²) in [5.41, 5.74) is 1.10. The van der Waals surface area contributed by atoms with E-state index in [2.05, 4.69) is 25.9 Å². The average molecular weight is 167 g/mol. The fraction of sp³-hybridized carbons (Fsp3) is 0.700. The van der Waals surface area contributed by atoms with Crippen LogP contribution >= 0.6 is 0 Å². The third-order valence-corrected chi connectivity index (χ3v) is 2.17. The summed E-state index contributed by atoms with van der Waals surface area (Å²) in [6.45, 7) is 8.52. The second-order valence-electron chi connectivity index (χ2n) is 3.97. The molecule has 0 saturated carbocycles. The van der Waals surface area contributed by atoms with Gasteiger partial charge in [0.2, 0.25) is 0 Å². The Hall–Kier alpha value is -0.790. The van der Waals surface area contributed by atoms with Gasteiger partial charge >= 0.3 is 0 Å². The van der Waals surface area contributed by atoms with E-state index in [0.717, 1.165) is 17.9 Å². The Balaban J connectivity index is 2.81. The van der Waals surface area contributed by atoms with Crippen LogP contribution in [-0.4, -0.2) is 5.16 Å². The molecule has 0 N–H and O–H groups in total. The van der Waals surface area contributed by atoms with Gasteiger partial charge in [0.05, 0.1) is 5.69 Å². The van der Waals surface area contributed by atoms with E-state index in [1.807, 2.05) is 13.0 Å². The van der Waals surface area contributed by atoms with Crippen LogP contribution in [0.1, 0.15) is 45.1 Å². The van der Waals surface area contributed by atoms with Crippen LogP contribution in [-0.2, 0) is 5.41 Å². The van der Waals surface area contributed by atoms with Crippen molar-refractivity contribution in [3.05, 3.63) is 17.5 Å². The summed E-state index contributed by atoms with van der Waals surface area (Å²) in [5, 5.41) is 3.89. The highest BCUT2D eigenvalue weighted by molar-refractivity contribution is 5.12. The van der Waals surface area contributed by atoms with E-state index < -0.39 is 0 Å². The molecular weight excluding hydrogens is 150 g/mol. The molecule has 0 atom stereocenters. The van der Waals surface area contributed by atoms with Crippen molar-refractivity contribution in [2.24, 2.45) is 0 Å². The van der Waals surface area contributed by atoms with Crippen LogP contribution in [0.2, 0.25) is 0 Å². The monoisotopic (exact) mass is 167 g/mol. The van der Waals surface area contributed by atoms with E-state index >= 15 is 0 Å². The lowest BCUT2D eigenvalue weighted by atomic mass is 9.85. The average Bonchev–Trinajstić information content (AvgIpc) is 2.36. The van der Waals surface area contributed by atoms with Crippen LogP contribution in [0.15, 0.2) is 10.6 Å². The molecule has 1 aromatic rings. The normalized spacial score (nSPS) is 12.0. The molecular formula is C10H17NO. The van der Waals surface area contributed by atoms with Crippen molar-refractivity contribution >= 4 is 0 Å². The highest BCUT2D eigenvalue weighted by atomic mass is 16.5. The molecule has 12 heavy (non-hydrogen) atoms. The quantitative estimate of drug-likeness (QED) is 0.691. The van der Waals surface area contributed by atoms with E-state index in [9.17, 15) is 0 Å². The third-order valence-electron chi connectivity index (χ3n) is 2.17. The van der Waals surface area contributed by atoms with E-state index in [4.69, 9.17) is 4.52 Å². The van der Waals surface area contributed by atoms with Crippen molar-refractivity contribution in [1.29, 1.82) is 0 Å². The largest absolute Gasteiger partial charge is 0.361 e. The van der Waals surface area contributed by atoms with Crippen molar-refractivity contribution in [1.82, 2.24) is 5.16 Å². The first-order chi connectivity index (χ1) is 5.56. The van der Waals surface area contributed by atoms with Gasteiger partial charge in [0.25, 0.3) is 0 Å². The fourth-order valence-corrected chi connectivity index (χ4v) is 1.43. The molecule has 0 fully saturated rings. The van der Waals surface area contributed by atoms with Gasteiger partial charge in [-0.15, -0.1) is 0 Å². The molecule has 0 aliphatic rings. The molecule has 1 aromatic heterocycles. The molecule has 0 aliphatic heterocycles. The van der Waals surface area contributed by atoms with Crippen molar-refractivity contribution in [3.63, 3.8) is 0 Å². The second kappa shape index (κ2) is 3.30. The van der Waals surface area contributed by atoms with Crippen LogP contribution in [0, 0.1) is 6.92 Å². The number of hydrogen-bond acceptors (Lipinski definition) is 2. The lowest BCUT2D eigenvalue weighted by Crippen LogP contribution is -2.15. The molecule has 0 aromatic carbocycles. The molecule has 0 amide bonds. The number of rotatable bonds is 3. The maximum atomic E-state index is 5.23. The minimum absolute atomic E-state index is 0.135. The summed E-state index contributed by atoms with van der Waals surface area (Å²) in [5.74, 6) is 1.00. The van der Waals surface area contributed by atoms with Gasteiger partial charge in [-0.25, -0.2) is 0 Å². The van der Waals surface area contributed by atoms with Crippen molar-refractivity contribution in [2.45, 2.75) is 46.0 Å². The number of aryl methyl sites for hydroxylation is 1. The maximum Gasteiger partial charge on any atom is 0.142 e. The van der Waals surface area contributed by atoms with Gasteiger partial charge in [-0.3, -0.25) is 0 Å².